The molecule has 0 aromatic heterocycles. The van der Waals surface area contributed by atoms with Gasteiger partial charge >= 0.3 is 0 Å². The van der Waals surface area contributed by atoms with Crippen LogP contribution in [-0.4, -0.2) is 0 Å². The number of ether oxygens (including phenoxy) is 1. The van der Waals surface area contributed by atoms with Gasteiger partial charge in [0.2, 0.25) is 0 Å². The lowest BCUT2D eigenvalue weighted by Gasteiger charge is -2.31. The standard InChI is InChI=1S/C17H18BrNO/c1-10-5-11(2)7-12(6-10)17-9-15(19)14-8-13(18)3-4-16(14)20-17/h3-8,15,17H,9,19H2,1-2H3/t15-,17?/m0/s1. The van der Waals surface area contributed by atoms with E-state index in [2.05, 4.69) is 54.0 Å². The van der Waals surface area contributed by atoms with Crippen LogP contribution in [-0.2, 0) is 0 Å². The Labute approximate surface area is 128 Å². The van der Waals surface area contributed by atoms with Gasteiger partial charge in [-0.15, -0.1) is 0 Å². The highest BCUT2D eigenvalue weighted by atomic mass is 79.9. The third-order valence-corrected chi connectivity index (χ3v) is 4.22. The lowest BCUT2D eigenvalue weighted by molar-refractivity contribution is 0.161. The van der Waals surface area contributed by atoms with Crippen LogP contribution in [0.3, 0.4) is 0 Å². The zero-order chi connectivity index (χ0) is 14.3. The van der Waals surface area contributed by atoms with Gasteiger partial charge in [-0.1, -0.05) is 45.3 Å². The van der Waals surface area contributed by atoms with Gasteiger partial charge in [0, 0.05) is 22.5 Å². The van der Waals surface area contributed by atoms with Gasteiger partial charge in [-0.25, -0.2) is 0 Å². The van der Waals surface area contributed by atoms with Crippen molar-refractivity contribution in [3.8, 4) is 5.75 Å². The number of hydrogen-bond acceptors (Lipinski definition) is 2. The van der Waals surface area contributed by atoms with Crippen molar-refractivity contribution in [3.63, 3.8) is 0 Å². The molecule has 2 nitrogen and oxygen atoms in total. The molecule has 3 rings (SSSR count). The summed E-state index contributed by atoms with van der Waals surface area (Å²) in [4.78, 5) is 0. The van der Waals surface area contributed by atoms with Crippen molar-refractivity contribution in [1.29, 1.82) is 0 Å². The Hall–Kier alpha value is -1.32. The molecule has 0 saturated heterocycles. The SMILES string of the molecule is Cc1cc(C)cc(C2C[C@H](N)c3cc(Br)ccc3O2)c1. The first-order chi connectivity index (χ1) is 9.52. The summed E-state index contributed by atoms with van der Waals surface area (Å²) in [5.41, 5.74) is 11.1. The first-order valence-corrected chi connectivity index (χ1v) is 7.62. The lowest BCUT2D eigenvalue weighted by atomic mass is 9.92. The molecule has 1 aliphatic rings. The average molecular weight is 332 g/mol. The van der Waals surface area contributed by atoms with E-state index in [-0.39, 0.29) is 12.1 Å². The van der Waals surface area contributed by atoms with E-state index < -0.39 is 0 Å². The van der Waals surface area contributed by atoms with Crippen LogP contribution in [0.2, 0.25) is 0 Å². The third kappa shape index (κ3) is 2.60. The molecule has 0 radical (unpaired) electrons. The summed E-state index contributed by atoms with van der Waals surface area (Å²) in [7, 11) is 0. The maximum Gasteiger partial charge on any atom is 0.126 e. The summed E-state index contributed by atoms with van der Waals surface area (Å²) in [5.74, 6) is 0.899. The maximum absolute atomic E-state index is 6.32. The van der Waals surface area contributed by atoms with Crippen molar-refractivity contribution in [3.05, 3.63) is 63.1 Å². The van der Waals surface area contributed by atoms with E-state index in [9.17, 15) is 0 Å². The van der Waals surface area contributed by atoms with Gasteiger partial charge in [-0.3, -0.25) is 0 Å². The largest absolute Gasteiger partial charge is 0.485 e. The number of benzene rings is 2. The van der Waals surface area contributed by atoms with E-state index in [1.165, 1.54) is 16.7 Å². The molecule has 0 saturated carbocycles. The van der Waals surface area contributed by atoms with Crippen molar-refractivity contribution in [1.82, 2.24) is 0 Å². The third-order valence-electron chi connectivity index (χ3n) is 3.72. The summed E-state index contributed by atoms with van der Waals surface area (Å²) in [6.07, 6.45) is 0.851. The van der Waals surface area contributed by atoms with E-state index in [0.29, 0.717) is 0 Å². The van der Waals surface area contributed by atoms with Gasteiger partial charge < -0.3 is 10.5 Å². The Bertz CT molecular complexity index is 633. The normalized spacial score (nSPS) is 21.2. The molecule has 0 spiro atoms. The van der Waals surface area contributed by atoms with Crippen molar-refractivity contribution in [2.24, 2.45) is 5.73 Å². The van der Waals surface area contributed by atoms with Gasteiger partial charge in [0.25, 0.3) is 0 Å². The molecule has 0 fully saturated rings. The molecular formula is C17H18BrNO. The highest BCUT2D eigenvalue weighted by Gasteiger charge is 2.27. The van der Waals surface area contributed by atoms with Crippen LogP contribution in [0, 0.1) is 13.8 Å². The Balaban J connectivity index is 1.96. The number of nitrogens with two attached hydrogens (primary N) is 1. The predicted molar refractivity (Wildman–Crippen MR) is 85.0 cm³/mol. The molecule has 2 N–H and O–H groups in total. The average Bonchev–Trinajstić information content (AvgIpc) is 2.38. The van der Waals surface area contributed by atoms with Crippen LogP contribution in [0.1, 0.15) is 40.8 Å². The Morgan fingerprint density at radius 2 is 1.80 bits per heavy atom. The molecule has 2 aromatic rings. The second-order valence-electron chi connectivity index (χ2n) is 5.55. The Kier molecular flexibility index (Phi) is 3.57. The summed E-state index contributed by atoms with van der Waals surface area (Å²) in [6, 6.07) is 12.6. The van der Waals surface area contributed by atoms with Crippen molar-refractivity contribution >= 4 is 15.9 Å². The maximum atomic E-state index is 6.32. The van der Waals surface area contributed by atoms with Crippen LogP contribution >= 0.6 is 15.9 Å². The second kappa shape index (κ2) is 5.23. The quantitative estimate of drug-likeness (QED) is 0.829. The topological polar surface area (TPSA) is 35.2 Å². The highest BCUT2D eigenvalue weighted by Crippen LogP contribution is 2.41. The van der Waals surface area contributed by atoms with E-state index in [4.69, 9.17) is 10.5 Å². The minimum Gasteiger partial charge on any atom is -0.485 e. The number of halogens is 1. The minimum absolute atomic E-state index is 0.0158. The van der Waals surface area contributed by atoms with Crippen LogP contribution < -0.4 is 10.5 Å². The van der Waals surface area contributed by atoms with E-state index in [1.807, 2.05) is 12.1 Å². The molecule has 2 aromatic carbocycles. The molecule has 2 atom stereocenters. The molecule has 0 amide bonds. The molecule has 1 aliphatic heterocycles. The van der Waals surface area contributed by atoms with Crippen molar-refractivity contribution in [2.45, 2.75) is 32.4 Å². The van der Waals surface area contributed by atoms with Crippen LogP contribution in [0.25, 0.3) is 0 Å². The molecule has 20 heavy (non-hydrogen) atoms. The molecular weight excluding hydrogens is 314 g/mol. The van der Waals surface area contributed by atoms with Crippen molar-refractivity contribution in [2.75, 3.05) is 0 Å². The number of hydrogen-bond donors (Lipinski definition) is 1. The van der Waals surface area contributed by atoms with Gasteiger partial charge in [0.1, 0.15) is 11.9 Å². The fourth-order valence-electron chi connectivity index (χ4n) is 2.88. The van der Waals surface area contributed by atoms with Gasteiger partial charge in [0.15, 0.2) is 0 Å². The van der Waals surface area contributed by atoms with E-state index in [1.54, 1.807) is 0 Å². The Morgan fingerprint density at radius 1 is 1.10 bits per heavy atom. The fourth-order valence-corrected chi connectivity index (χ4v) is 3.25. The van der Waals surface area contributed by atoms with Crippen LogP contribution in [0.4, 0.5) is 0 Å². The first-order valence-electron chi connectivity index (χ1n) is 6.83. The summed E-state index contributed by atoms with van der Waals surface area (Å²) >= 11 is 3.49. The Morgan fingerprint density at radius 3 is 2.50 bits per heavy atom. The van der Waals surface area contributed by atoms with E-state index in [0.717, 1.165) is 22.2 Å². The van der Waals surface area contributed by atoms with Gasteiger partial charge in [-0.05, 0) is 37.6 Å². The fraction of sp³-hybridized carbons (Fsp3) is 0.294. The van der Waals surface area contributed by atoms with E-state index >= 15 is 0 Å². The number of fused-ring (bicyclic) bond motifs is 1. The van der Waals surface area contributed by atoms with Crippen LogP contribution in [0.15, 0.2) is 40.9 Å². The molecule has 104 valence electrons. The molecule has 1 heterocycles. The molecule has 0 bridgehead atoms. The number of rotatable bonds is 1. The monoisotopic (exact) mass is 331 g/mol. The first kappa shape index (κ1) is 13.7. The smallest absolute Gasteiger partial charge is 0.126 e. The van der Waals surface area contributed by atoms with Gasteiger partial charge in [-0.2, -0.15) is 0 Å². The molecule has 3 heteroatoms. The summed E-state index contributed by atoms with van der Waals surface area (Å²) in [5, 5.41) is 0. The molecule has 1 unspecified atom stereocenters. The highest BCUT2D eigenvalue weighted by molar-refractivity contribution is 9.10. The summed E-state index contributed by atoms with van der Waals surface area (Å²) < 4.78 is 7.19. The minimum atomic E-state index is 0.0158. The predicted octanol–water partition coefficient (Wildman–Crippen LogP) is 4.59. The van der Waals surface area contributed by atoms with Gasteiger partial charge in [0.05, 0.1) is 0 Å². The van der Waals surface area contributed by atoms with Crippen LogP contribution in [0.5, 0.6) is 5.75 Å². The lowest BCUT2D eigenvalue weighted by Crippen LogP contribution is -2.24. The second-order valence-corrected chi connectivity index (χ2v) is 6.47. The zero-order valence-electron chi connectivity index (χ0n) is 11.7. The summed E-state index contributed by atoms with van der Waals surface area (Å²) in [6.45, 7) is 4.23. The molecule has 0 aliphatic carbocycles. The number of aryl methyl sites for hydroxylation is 2. The van der Waals surface area contributed by atoms with Crippen molar-refractivity contribution < 1.29 is 4.74 Å². The zero-order valence-corrected chi connectivity index (χ0v) is 13.3.